The lowest BCUT2D eigenvalue weighted by atomic mass is 9.77. The van der Waals surface area contributed by atoms with Crippen LogP contribution < -0.4 is 5.32 Å². The van der Waals surface area contributed by atoms with Crippen LogP contribution in [0, 0.1) is 0 Å². The summed E-state index contributed by atoms with van der Waals surface area (Å²) in [6.45, 7) is 11.4. The van der Waals surface area contributed by atoms with E-state index in [4.69, 9.17) is 16.0 Å². The second-order valence-corrected chi connectivity index (χ2v) is 13.8. The molecule has 1 aliphatic heterocycles. The monoisotopic (exact) mass is 366 g/mol. The summed E-state index contributed by atoms with van der Waals surface area (Å²) in [5.74, 6) is -0.101. The van der Waals surface area contributed by atoms with Crippen LogP contribution in [0.1, 0.15) is 62.5 Å². The van der Waals surface area contributed by atoms with Crippen molar-refractivity contribution < 1.29 is 9.22 Å². The van der Waals surface area contributed by atoms with Crippen molar-refractivity contribution in [2.75, 3.05) is 0 Å². The highest BCUT2D eigenvalue weighted by molar-refractivity contribution is 6.74. The Morgan fingerprint density at radius 2 is 1.92 bits per heavy atom. The van der Waals surface area contributed by atoms with Gasteiger partial charge in [-0.3, -0.25) is 4.79 Å². The Bertz CT molecular complexity index is 661. The standard InChI is InChI=1S/C18H27ClN2O2Si/c1-17(2,3)24(4,5)23-12-8-10-18(11-9-12)13-6-7-14(19)20-15(13)16(22)21-18/h6-7,12H,8-11H2,1-5H3,(H,21,22). The Labute approximate surface area is 150 Å². The van der Waals surface area contributed by atoms with Gasteiger partial charge in [0, 0.05) is 11.7 Å². The molecule has 132 valence electrons. The Kier molecular flexibility index (Phi) is 4.34. The number of rotatable bonds is 2. The molecule has 0 atom stereocenters. The zero-order valence-electron chi connectivity index (χ0n) is 15.2. The fourth-order valence-corrected chi connectivity index (χ4v) is 5.10. The van der Waals surface area contributed by atoms with E-state index in [-0.39, 0.29) is 22.6 Å². The largest absolute Gasteiger partial charge is 0.414 e. The maximum atomic E-state index is 12.3. The molecule has 1 aromatic heterocycles. The van der Waals surface area contributed by atoms with Gasteiger partial charge < -0.3 is 9.74 Å². The first-order valence-electron chi connectivity index (χ1n) is 8.71. The first kappa shape index (κ1) is 17.9. The van der Waals surface area contributed by atoms with Crippen LogP contribution in [-0.4, -0.2) is 25.3 Å². The van der Waals surface area contributed by atoms with Crippen molar-refractivity contribution in [2.45, 2.75) is 76.2 Å². The van der Waals surface area contributed by atoms with Crippen LogP contribution in [0.3, 0.4) is 0 Å². The summed E-state index contributed by atoms with van der Waals surface area (Å²) in [7, 11) is -1.75. The highest BCUT2D eigenvalue weighted by Crippen LogP contribution is 2.45. The summed E-state index contributed by atoms with van der Waals surface area (Å²) in [6, 6.07) is 3.73. The first-order valence-corrected chi connectivity index (χ1v) is 12.0. The molecule has 1 amide bonds. The Balaban J connectivity index is 1.74. The summed E-state index contributed by atoms with van der Waals surface area (Å²) in [5, 5.41) is 3.76. The van der Waals surface area contributed by atoms with Crippen molar-refractivity contribution in [3.63, 3.8) is 0 Å². The Hall–Kier alpha value is -0.913. The third-order valence-electron chi connectivity index (χ3n) is 6.00. The third-order valence-corrected chi connectivity index (χ3v) is 10.7. The second-order valence-electron chi connectivity index (χ2n) is 8.64. The number of aromatic nitrogens is 1. The van der Waals surface area contributed by atoms with Crippen LogP contribution in [0.4, 0.5) is 0 Å². The van der Waals surface area contributed by atoms with Gasteiger partial charge in [0.05, 0.1) is 5.54 Å². The number of nitrogens with one attached hydrogen (secondary N) is 1. The van der Waals surface area contributed by atoms with Gasteiger partial charge >= 0.3 is 0 Å². The number of fused-ring (bicyclic) bond motifs is 2. The average Bonchev–Trinajstić information content (AvgIpc) is 2.73. The lowest BCUT2D eigenvalue weighted by molar-refractivity contribution is 0.0773. The number of hydrogen-bond acceptors (Lipinski definition) is 3. The van der Waals surface area contributed by atoms with Crippen molar-refractivity contribution in [1.82, 2.24) is 10.3 Å². The van der Waals surface area contributed by atoms with Crippen molar-refractivity contribution in [3.8, 4) is 0 Å². The van der Waals surface area contributed by atoms with Gasteiger partial charge in [-0.25, -0.2) is 4.98 Å². The minimum Gasteiger partial charge on any atom is -0.414 e. The quantitative estimate of drug-likeness (QED) is 0.612. The minimum atomic E-state index is -1.75. The van der Waals surface area contributed by atoms with E-state index in [1.54, 1.807) is 6.07 Å². The smallest absolute Gasteiger partial charge is 0.271 e. The fraction of sp³-hybridized carbons (Fsp3) is 0.667. The van der Waals surface area contributed by atoms with E-state index in [0.29, 0.717) is 10.8 Å². The van der Waals surface area contributed by atoms with Crippen LogP contribution >= 0.6 is 11.6 Å². The van der Waals surface area contributed by atoms with Gasteiger partial charge in [-0.15, -0.1) is 0 Å². The summed E-state index contributed by atoms with van der Waals surface area (Å²) in [4.78, 5) is 16.5. The van der Waals surface area contributed by atoms with Gasteiger partial charge in [0.25, 0.3) is 5.91 Å². The number of nitrogens with zero attached hydrogens (tertiary/aromatic N) is 1. The lowest BCUT2D eigenvalue weighted by Gasteiger charge is -2.43. The van der Waals surface area contributed by atoms with E-state index in [1.165, 1.54) is 0 Å². The van der Waals surface area contributed by atoms with Crippen molar-refractivity contribution in [3.05, 3.63) is 28.5 Å². The van der Waals surface area contributed by atoms with Gasteiger partial charge in [-0.05, 0) is 49.9 Å². The van der Waals surface area contributed by atoms with Crippen LogP contribution in [0.5, 0.6) is 0 Å². The van der Waals surface area contributed by atoms with Crippen LogP contribution in [-0.2, 0) is 9.96 Å². The summed E-state index contributed by atoms with van der Waals surface area (Å²) in [6.07, 6.45) is 4.02. The molecule has 1 saturated carbocycles. The molecule has 0 radical (unpaired) electrons. The maximum absolute atomic E-state index is 12.3. The van der Waals surface area contributed by atoms with Crippen LogP contribution in [0.25, 0.3) is 0 Å². The first-order chi connectivity index (χ1) is 11.0. The molecule has 1 aromatic rings. The summed E-state index contributed by atoms with van der Waals surface area (Å²) < 4.78 is 6.57. The zero-order valence-corrected chi connectivity index (χ0v) is 17.0. The molecule has 1 spiro atoms. The molecule has 0 unspecified atom stereocenters. The molecular formula is C18H27ClN2O2Si. The predicted molar refractivity (Wildman–Crippen MR) is 98.9 cm³/mol. The molecule has 0 aromatic carbocycles. The SMILES string of the molecule is CC(C)(C)[Si](C)(C)OC1CCC2(CC1)NC(=O)c1nc(Cl)ccc12. The average molecular weight is 367 g/mol. The third kappa shape index (κ3) is 3.02. The molecule has 2 aliphatic rings. The van der Waals surface area contributed by atoms with Crippen molar-refractivity contribution in [1.29, 1.82) is 0 Å². The summed E-state index contributed by atoms with van der Waals surface area (Å²) in [5.41, 5.74) is 1.21. The Morgan fingerprint density at radius 1 is 1.29 bits per heavy atom. The molecule has 2 heterocycles. The van der Waals surface area contributed by atoms with Crippen LogP contribution in [0.2, 0.25) is 23.3 Å². The molecule has 24 heavy (non-hydrogen) atoms. The minimum absolute atomic E-state index is 0.101. The number of halogens is 1. The van der Waals surface area contributed by atoms with E-state index in [1.807, 2.05) is 6.07 Å². The number of carbonyl (C=O) groups excluding carboxylic acids is 1. The topological polar surface area (TPSA) is 51.2 Å². The Morgan fingerprint density at radius 3 is 2.50 bits per heavy atom. The number of amides is 1. The second kappa shape index (κ2) is 5.82. The molecule has 1 fully saturated rings. The fourth-order valence-electron chi connectivity index (χ4n) is 3.53. The van der Waals surface area contributed by atoms with Crippen molar-refractivity contribution in [2.24, 2.45) is 0 Å². The summed E-state index contributed by atoms with van der Waals surface area (Å²) >= 11 is 5.95. The van der Waals surface area contributed by atoms with E-state index < -0.39 is 8.32 Å². The van der Waals surface area contributed by atoms with Crippen molar-refractivity contribution >= 4 is 25.8 Å². The van der Waals surface area contributed by atoms with Gasteiger partial charge in [0.1, 0.15) is 10.8 Å². The molecule has 6 heteroatoms. The molecule has 1 aliphatic carbocycles. The molecule has 4 nitrogen and oxygen atoms in total. The molecule has 3 rings (SSSR count). The molecule has 0 bridgehead atoms. The van der Waals surface area contributed by atoms with Gasteiger partial charge in [0.2, 0.25) is 0 Å². The highest BCUT2D eigenvalue weighted by Gasteiger charge is 2.47. The zero-order chi connectivity index (χ0) is 17.8. The van der Waals surface area contributed by atoms with Gasteiger partial charge in [-0.1, -0.05) is 38.4 Å². The lowest BCUT2D eigenvalue weighted by Crippen LogP contribution is -2.48. The van der Waals surface area contributed by atoms with Crippen LogP contribution in [0.15, 0.2) is 12.1 Å². The van der Waals surface area contributed by atoms with Gasteiger partial charge in [-0.2, -0.15) is 0 Å². The molecule has 1 N–H and O–H groups in total. The van der Waals surface area contributed by atoms with E-state index in [9.17, 15) is 4.79 Å². The molecular weight excluding hydrogens is 340 g/mol. The maximum Gasteiger partial charge on any atom is 0.271 e. The van der Waals surface area contributed by atoms with E-state index in [0.717, 1.165) is 31.2 Å². The number of carbonyl (C=O) groups is 1. The number of hydrogen-bond donors (Lipinski definition) is 1. The molecule has 0 saturated heterocycles. The van der Waals surface area contributed by atoms with Gasteiger partial charge in [0.15, 0.2) is 8.32 Å². The highest BCUT2D eigenvalue weighted by atomic mass is 35.5. The predicted octanol–water partition coefficient (Wildman–Crippen LogP) is 4.64. The van der Waals surface area contributed by atoms with E-state index in [2.05, 4.69) is 44.2 Å². The number of pyridine rings is 1. The van der Waals surface area contributed by atoms with E-state index >= 15 is 0 Å². The normalized spacial score (nSPS) is 27.2.